The Bertz CT molecular complexity index is 1270. The Labute approximate surface area is 195 Å². The second kappa shape index (κ2) is 8.82. The van der Waals surface area contributed by atoms with Crippen molar-refractivity contribution >= 4 is 35.0 Å². The van der Waals surface area contributed by atoms with Gasteiger partial charge in [-0.15, -0.1) is 0 Å². The monoisotopic (exact) mass is 455 g/mol. The summed E-state index contributed by atoms with van der Waals surface area (Å²) in [5.41, 5.74) is 2.84. The number of imide groups is 1. The van der Waals surface area contributed by atoms with Crippen LogP contribution in [0.1, 0.15) is 32.7 Å². The van der Waals surface area contributed by atoms with E-state index in [1.54, 1.807) is 47.4 Å². The second-order valence-electron chi connectivity index (χ2n) is 8.04. The Morgan fingerprint density at radius 2 is 1.53 bits per heavy atom. The number of nitrogens with zero attached hydrogens (tertiary/aromatic N) is 2. The normalized spacial score (nSPS) is 14.5. The largest absolute Gasteiger partial charge is 0.481 e. The van der Waals surface area contributed by atoms with Crippen LogP contribution in [0.25, 0.3) is 0 Å². The lowest BCUT2D eigenvalue weighted by molar-refractivity contribution is -0.121. The van der Waals surface area contributed by atoms with Crippen molar-refractivity contribution in [1.82, 2.24) is 4.90 Å². The van der Waals surface area contributed by atoms with Crippen LogP contribution in [0.3, 0.4) is 0 Å². The zero-order chi connectivity index (χ0) is 23.7. The summed E-state index contributed by atoms with van der Waals surface area (Å²) in [6.45, 7) is 0.317. The molecule has 2 aliphatic rings. The van der Waals surface area contributed by atoms with E-state index in [4.69, 9.17) is 4.74 Å². The summed E-state index contributed by atoms with van der Waals surface area (Å²) in [5.74, 6) is -0.773. The van der Waals surface area contributed by atoms with Crippen LogP contribution < -0.4 is 15.0 Å². The first-order valence-corrected chi connectivity index (χ1v) is 10.9. The lowest BCUT2D eigenvalue weighted by Crippen LogP contribution is -2.38. The van der Waals surface area contributed by atoms with Crippen molar-refractivity contribution in [3.05, 3.63) is 89.5 Å². The Kier molecular flexibility index (Phi) is 5.55. The highest BCUT2D eigenvalue weighted by atomic mass is 16.5. The number of amides is 4. The minimum atomic E-state index is -0.390. The number of hydrogen-bond acceptors (Lipinski definition) is 5. The summed E-state index contributed by atoms with van der Waals surface area (Å²) in [5, 5.41) is 2.77. The number of fused-ring (bicyclic) bond motifs is 2. The summed E-state index contributed by atoms with van der Waals surface area (Å²) in [7, 11) is 0. The average Bonchev–Trinajstić information content (AvgIpc) is 3.10. The third-order valence-electron chi connectivity index (χ3n) is 5.81. The van der Waals surface area contributed by atoms with Crippen LogP contribution in [0.15, 0.2) is 72.8 Å². The first-order chi connectivity index (χ1) is 16.5. The van der Waals surface area contributed by atoms with E-state index >= 15 is 0 Å². The maximum Gasteiger partial charge on any atom is 0.265 e. The number of anilines is 2. The Balaban J connectivity index is 1.24. The summed E-state index contributed by atoms with van der Waals surface area (Å²) < 4.78 is 5.59. The van der Waals surface area contributed by atoms with E-state index in [2.05, 4.69) is 5.32 Å². The van der Waals surface area contributed by atoms with Crippen molar-refractivity contribution < 1.29 is 23.9 Å². The molecule has 0 saturated carbocycles. The lowest BCUT2D eigenvalue weighted by atomic mass is 10.1. The molecule has 34 heavy (non-hydrogen) atoms. The van der Waals surface area contributed by atoms with Gasteiger partial charge in [-0.2, -0.15) is 0 Å². The van der Waals surface area contributed by atoms with Crippen molar-refractivity contribution in [2.24, 2.45) is 0 Å². The Hall–Kier alpha value is -4.46. The molecular weight excluding hydrogens is 434 g/mol. The Morgan fingerprint density at radius 3 is 2.24 bits per heavy atom. The van der Waals surface area contributed by atoms with Crippen LogP contribution in [-0.2, 0) is 16.1 Å². The predicted octanol–water partition coefficient (Wildman–Crippen LogP) is 3.24. The highest BCUT2D eigenvalue weighted by Gasteiger charge is 2.35. The molecule has 3 aromatic rings. The summed E-state index contributed by atoms with van der Waals surface area (Å²) in [6.07, 6.45) is -0.0397. The molecular formula is C26H21N3O5. The number of rotatable bonds is 6. The SMILES string of the molecule is O=C(CCN1C(=O)c2ccccc2C1=O)Nc1ccc2c(c1)OCC(=O)N2Cc1ccccc1. The van der Waals surface area contributed by atoms with Crippen LogP contribution in [0.4, 0.5) is 11.4 Å². The predicted molar refractivity (Wildman–Crippen MR) is 125 cm³/mol. The van der Waals surface area contributed by atoms with Gasteiger partial charge in [0.05, 0.1) is 23.4 Å². The Morgan fingerprint density at radius 1 is 0.853 bits per heavy atom. The molecule has 0 aromatic heterocycles. The highest BCUT2D eigenvalue weighted by molar-refractivity contribution is 6.21. The standard InChI is InChI=1S/C26H21N3O5/c30-23(12-13-28-25(32)19-8-4-5-9-20(19)26(28)33)27-18-10-11-21-22(14-18)34-16-24(31)29(21)15-17-6-2-1-3-7-17/h1-11,14H,12-13,15-16H2,(H,27,30). The molecule has 0 atom stereocenters. The number of carbonyl (C=O) groups is 4. The first kappa shape index (κ1) is 21.4. The minimum absolute atomic E-state index is 0.0149. The van der Waals surface area contributed by atoms with Gasteiger partial charge in [0, 0.05) is 24.7 Å². The zero-order valence-electron chi connectivity index (χ0n) is 18.2. The molecule has 5 rings (SSSR count). The van der Waals surface area contributed by atoms with Crippen LogP contribution in [0.2, 0.25) is 0 Å². The highest BCUT2D eigenvalue weighted by Crippen LogP contribution is 2.35. The smallest absolute Gasteiger partial charge is 0.265 e. The molecule has 170 valence electrons. The molecule has 4 amide bonds. The van der Waals surface area contributed by atoms with Crippen molar-refractivity contribution in [1.29, 1.82) is 0 Å². The van der Waals surface area contributed by atoms with Gasteiger partial charge < -0.3 is 15.0 Å². The van der Waals surface area contributed by atoms with Gasteiger partial charge in [0.1, 0.15) is 5.75 Å². The van der Waals surface area contributed by atoms with E-state index in [1.165, 1.54) is 0 Å². The van der Waals surface area contributed by atoms with E-state index in [-0.39, 0.29) is 31.4 Å². The molecule has 0 unspecified atom stereocenters. The minimum Gasteiger partial charge on any atom is -0.481 e. The quantitative estimate of drug-likeness (QED) is 0.576. The number of benzene rings is 3. The second-order valence-corrected chi connectivity index (χ2v) is 8.04. The van der Waals surface area contributed by atoms with Crippen molar-refractivity contribution in [3.8, 4) is 5.75 Å². The van der Waals surface area contributed by atoms with Crippen LogP contribution in [-0.4, -0.2) is 41.7 Å². The molecule has 0 aliphatic carbocycles. The van der Waals surface area contributed by atoms with Gasteiger partial charge in [0.25, 0.3) is 17.7 Å². The number of ether oxygens (including phenoxy) is 1. The molecule has 8 nitrogen and oxygen atoms in total. The summed E-state index contributed by atoms with van der Waals surface area (Å²) >= 11 is 0. The fraction of sp³-hybridized carbons (Fsp3) is 0.154. The van der Waals surface area contributed by atoms with Gasteiger partial charge in [-0.25, -0.2) is 0 Å². The van der Waals surface area contributed by atoms with Gasteiger partial charge >= 0.3 is 0 Å². The fourth-order valence-electron chi connectivity index (χ4n) is 4.10. The zero-order valence-corrected chi connectivity index (χ0v) is 18.2. The average molecular weight is 455 g/mol. The lowest BCUT2D eigenvalue weighted by Gasteiger charge is -2.29. The summed E-state index contributed by atoms with van der Waals surface area (Å²) in [6, 6.07) is 21.4. The maximum atomic E-state index is 12.5. The molecule has 2 aliphatic heterocycles. The molecule has 0 spiro atoms. The fourth-order valence-corrected chi connectivity index (χ4v) is 4.10. The van der Waals surface area contributed by atoms with Gasteiger partial charge in [0.2, 0.25) is 5.91 Å². The van der Waals surface area contributed by atoms with Gasteiger partial charge in [-0.1, -0.05) is 42.5 Å². The van der Waals surface area contributed by atoms with E-state index < -0.39 is 11.8 Å². The third kappa shape index (κ3) is 4.01. The van der Waals surface area contributed by atoms with Crippen LogP contribution in [0.5, 0.6) is 5.75 Å². The van der Waals surface area contributed by atoms with Crippen molar-refractivity contribution in [2.45, 2.75) is 13.0 Å². The number of carbonyl (C=O) groups excluding carboxylic acids is 4. The maximum absolute atomic E-state index is 12.5. The summed E-state index contributed by atoms with van der Waals surface area (Å²) in [4.78, 5) is 52.6. The first-order valence-electron chi connectivity index (χ1n) is 10.9. The molecule has 8 heteroatoms. The third-order valence-corrected chi connectivity index (χ3v) is 5.81. The molecule has 3 aromatic carbocycles. The molecule has 1 N–H and O–H groups in total. The van der Waals surface area contributed by atoms with Gasteiger partial charge in [-0.3, -0.25) is 24.1 Å². The van der Waals surface area contributed by atoms with Crippen LogP contribution >= 0.6 is 0 Å². The van der Waals surface area contributed by atoms with E-state index in [0.717, 1.165) is 10.5 Å². The molecule has 2 heterocycles. The van der Waals surface area contributed by atoms with Gasteiger partial charge in [0.15, 0.2) is 6.61 Å². The van der Waals surface area contributed by atoms with E-state index in [0.29, 0.717) is 34.8 Å². The van der Waals surface area contributed by atoms with Gasteiger partial charge in [-0.05, 0) is 29.8 Å². The van der Waals surface area contributed by atoms with E-state index in [9.17, 15) is 19.2 Å². The molecule has 0 radical (unpaired) electrons. The molecule has 0 fully saturated rings. The molecule has 0 bridgehead atoms. The van der Waals surface area contributed by atoms with Crippen molar-refractivity contribution in [2.75, 3.05) is 23.4 Å². The van der Waals surface area contributed by atoms with Crippen molar-refractivity contribution in [3.63, 3.8) is 0 Å². The molecule has 0 saturated heterocycles. The number of nitrogens with one attached hydrogen (secondary N) is 1. The number of hydrogen-bond donors (Lipinski definition) is 1. The topological polar surface area (TPSA) is 96.0 Å². The van der Waals surface area contributed by atoms with Crippen LogP contribution in [0, 0.1) is 0 Å². The van der Waals surface area contributed by atoms with E-state index in [1.807, 2.05) is 30.3 Å².